The van der Waals surface area contributed by atoms with Gasteiger partial charge in [0.1, 0.15) is 5.82 Å². The lowest BCUT2D eigenvalue weighted by molar-refractivity contribution is 0.634. The van der Waals surface area contributed by atoms with Gasteiger partial charge >= 0.3 is 0 Å². The third-order valence-electron chi connectivity index (χ3n) is 1.61. The number of anilines is 1. The number of rotatable bonds is 0. The molecule has 56 valence electrons. The summed E-state index contributed by atoms with van der Waals surface area (Å²) in [5.41, 5.74) is 6.33. The predicted octanol–water partition coefficient (Wildman–Crippen LogP) is 1.28. The Morgan fingerprint density at radius 2 is 2.27 bits per heavy atom. The van der Waals surface area contributed by atoms with Gasteiger partial charge in [0.25, 0.3) is 0 Å². The summed E-state index contributed by atoms with van der Waals surface area (Å²) in [6.07, 6.45) is 1.51. The van der Waals surface area contributed by atoms with Gasteiger partial charge in [-0.3, -0.25) is 5.10 Å². The second-order valence-electron chi connectivity index (χ2n) is 2.29. The molecule has 0 aliphatic rings. The average molecular weight is 151 g/mol. The molecule has 0 amide bonds. The molecule has 0 unspecified atom stereocenters. The molecule has 3 nitrogen and oxygen atoms in total. The number of nitrogen functional groups attached to an aromatic ring is 1. The minimum atomic E-state index is -0.404. The zero-order valence-corrected chi connectivity index (χ0v) is 5.63. The summed E-state index contributed by atoms with van der Waals surface area (Å²) >= 11 is 0. The second kappa shape index (κ2) is 1.95. The minimum Gasteiger partial charge on any atom is -0.396 e. The van der Waals surface area contributed by atoms with E-state index in [1.807, 2.05) is 0 Å². The van der Waals surface area contributed by atoms with E-state index in [1.165, 1.54) is 12.3 Å². The molecule has 1 aromatic heterocycles. The third-order valence-corrected chi connectivity index (χ3v) is 1.61. The second-order valence-corrected chi connectivity index (χ2v) is 2.29. The molecule has 0 bridgehead atoms. The Morgan fingerprint density at radius 1 is 1.45 bits per heavy atom. The highest BCUT2D eigenvalue weighted by atomic mass is 19.1. The van der Waals surface area contributed by atoms with Crippen molar-refractivity contribution in [3.63, 3.8) is 0 Å². The first-order valence-corrected chi connectivity index (χ1v) is 3.16. The molecule has 0 atom stereocenters. The Balaban J connectivity index is 2.93. The van der Waals surface area contributed by atoms with Gasteiger partial charge in [0.2, 0.25) is 0 Å². The number of hydrogen-bond donors (Lipinski definition) is 2. The maximum Gasteiger partial charge on any atom is 0.146 e. The highest BCUT2D eigenvalue weighted by molar-refractivity contribution is 5.89. The molecule has 11 heavy (non-hydrogen) atoms. The maximum absolute atomic E-state index is 12.8. The molecule has 0 saturated heterocycles. The molecule has 0 radical (unpaired) electrons. The van der Waals surface area contributed by atoms with Gasteiger partial charge in [-0.15, -0.1) is 0 Å². The van der Waals surface area contributed by atoms with E-state index in [0.717, 1.165) is 5.52 Å². The fourth-order valence-electron chi connectivity index (χ4n) is 1.01. The SMILES string of the molecule is Nc1c(F)ccc2[nH]ncc12. The van der Waals surface area contributed by atoms with Crippen LogP contribution in [0.1, 0.15) is 0 Å². The monoisotopic (exact) mass is 151 g/mol. The summed E-state index contributed by atoms with van der Waals surface area (Å²) in [5, 5.41) is 7.05. The maximum atomic E-state index is 12.8. The summed E-state index contributed by atoms with van der Waals surface area (Å²) in [6.45, 7) is 0. The van der Waals surface area contributed by atoms with Crippen molar-refractivity contribution in [1.29, 1.82) is 0 Å². The van der Waals surface area contributed by atoms with Crippen molar-refractivity contribution in [3.05, 3.63) is 24.1 Å². The standard InChI is InChI=1S/C7H6FN3/c8-5-1-2-6-4(7(5)9)3-10-11-6/h1-3H,9H2,(H,10,11). The quantitative estimate of drug-likeness (QED) is 0.557. The number of nitrogens with zero attached hydrogens (tertiary/aromatic N) is 1. The van der Waals surface area contributed by atoms with Gasteiger partial charge in [0.05, 0.1) is 17.4 Å². The van der Waals surface area contributed by atoms with Gasteiger partial charge in [-0.05, 0) is 12.1 Å². The first kappa shape index (κ1) is 6.15. The van der Waals surface area contributed by atoms with Crippen molar-refractivity contribution in [3.8, 4) is 0 Å². The van der Waals surface area contributed by atoms with Gasteiger partial charge in [0.15, 0.2) is 0 Å². The van der Waals surface area contributed by atoms with Crippen LogP contribution >= 0.6 is 0 Å². The number of aromatic nitrogens is 2. The topological polar surface area (TPSA) is 54.7 Å². The summed E-state index contributed by atoms with van der Waals surface area (Å²) < 4.78 is 12.8. The van der Waals surface area contributed by atoms with Gasteiger partial charge in [-0.25, -0.2) is 4.39 Å². The summed E-state index contributed by atoms with van der Waals surface area (Å²) in [5.74, 6) is -0.404. The number of aromatic amines is 1. The minimum absolute atomic E-state index is 0.149. The van der Waals surface area contributed by atoms with E-state index >= 15 is 0 Å². The van der Waals surface area contributed by atoms with Gasteiger partial charge in [-0.2, -0.15) is 5.10 Å². The highest BCUT2D eigenvalue weighted by Gasteiger charge is 2.03. The fourth-order valence-corrected chi connectivity index (χ4v) is 1.01. The zero-order chi connectivity index (χ0) is 7.84. The highest BCUT2D eigenvalue weighted by Crippen LogP contribution is 2.20. The van der Waals surface area contributed by atoms with Crippen LogP contribution < -0.4 is 5.73 Å². The summed E-state index contributed by atoms with van der Waals surface area (Å²) in [4.78, 5) is 0. The normalized spacial score (nSPS) is 10.6. The fraction of sp³-hybridized carbons (Fsp3) is 0. The van der Waals surface area contributed by atoms with E-state index in [4.69, 9.17) is 5.73 Å². The number of hydrogen-bond acceptors (Lipinski definition) is 2. The Morgan fingerprint density at radius 3 is 3.09 bits per heavy atom. The van der Waals surface area contributed by atoms with Crippen LogP contribution in [0.3, 0.4) is 0 Å². The lowest BCUT2D eigenvalue weighted by Crippen LogP contribution is -1.89. The summed E-state index contributed by atoms with van der Waals surface area (Å²) in [6, 6.07) is 2.92. The lowest BCUT2D eigenvalue weighted by atomic mass is 10.2. The number of nitrogens with one attached hydrogen (secondary N) is 1. The largest absolute Gasteiger partial charge is 0.396 e. The number of H-pyrrole nitrogens is 1. The molecule has 0 fully saturated rings. The van der Waals surface area contributed by atoms with Crippen LogP contribution in [0, 0.1) is 5.82 Å². The number of fused-ring (bicyclic) bond motifs is 1. The molecule has 1 aromatic carbocycles. The molecule has 0 aliphatic carbocycles. The van der Waals surface area contributed by atoms with Crippen molar-refractivity contribution in [1.82, 2.24) is 10.2 Å². The molecule has 2 rings (SSSR count). The van der Waals surface area contributed by atoms with Crippen molar-refractivity contribution in [2.75, 3.05) is 5.73 Å². The van der Waals surface area contributed by atoms with Crippen LogP contribution in [-0.2, 0) is 0 Å². The van der Waals surface area contributed by atoms with E-state index in [2.05, 4.69) is 10.2 Å². The van der Waals surface area contributed by atoms with Crippen LogP contribution in [0.15, 0.2) is 18.3 Å². The Labute approximate surface area is 62.0 Å². The van der Waals surface area contributed by atoms with Gasteiger partial charge in [0, 0.05) is 5.39 Å². The van der Waals surface area contributed by atoms with Crippen LogP contribution in [0.25, 0.3) is 10.9 Å². The number of nitrogens with two attached hydrogens (primary N) is 1. The van der Waals surface area contributed by atoms with Crippen molar-refractivity contribution >= 4 is 16.6 Å². The van der Waals surface area contributed by atoms with E-state index in [9.17, 15) is 4.39 Å². The summed E-state index contributed by atoms with van der Waals surface area (Å²) in [7, 11) is 0. The van der Waals surface area contributed by atoms with E-state index in [0.29, 0.717) is 5.39 Å². The van der Waals surface area contributed by atoms with Crippen LogP contribution in [0.4, 0.5) is 10.1 Å². The predicted molar refractivity (Wildman–Crippen MR) is 40.5 cm³/mol. The van der Waals surface area contributed by atoms with E-state index in [-0.39, 0.29) is 5.69 Å². The molecule has 0 aliphatic heterocycles. The van der Waals surface area contributed by atoms with Crippen LogP contribution in [-0.4, -0.2) is 10.2 Å². The Bertz CT molecular complexity index is 393. The molecular formula is C7H6FN3. The molecule has 2 aromatic rings. The first-order valence-electron chi connectivity index (χ1n) is 3.16. The first-order chi connectivity index (χ1) is 5.29. The van der Waals surface area contributed by atoms with Crippen LogP contribution in [0.5, 0.6) is 0 Å². The van der Waals surface area contributed by atoms with Crippen molar-refractivity contribution in [2.24, 2.45) is 0 Å². The van der Waals surface area contributed by atoms with Gasteiger partial charge in [-0.1, -0.05) is 0 Å². The van der Waals surface area contributed by atoms with Crippen LogP contribution in [0.2, 0.25) is 0 Å². The Hall–Kier alpha value is -1.58. The molecule has 0 saturated carbocycles. The van der Waals surface area contributed by atoms with E-state index < -0.39 is 5.82 Å². The molecular weight excluding hydrogens is 145 g/mol. The van der Waals surface area contributed by atoms with Gasteiger partial charge < -0.3 is 5.73 Å². The zero-order valence-electron chi connectivity index (χ0n) is 5.63. The molecule has 0 spiro atoms. The Kier molecular flexibility index (Phi) is 1.09. The third kappa shape index (κ3) is 0.756. The smallest absolute Gasteiger partial charge is 0.146 e. The molecule has 3 N–H and O–H groups in total. The molecule has 4 heteroatoms. The number of halogens is 1. The molecule has 1 heterocycles. The van der Waals surface area contributed by atoms with Crippen molar-refractivity contribution in [2.45, 2.75) is 0 Å². The van der Waals surface area contributed by atoms with Crippen molar-refractivity contribution < 1.29 is 4.39 Å². The number of benzene rings is 1. The average Bonchev–Trinajstić information content (AvgIpc) is 2.45. The van der Waals surface area contributed by atoms with E-state index in [1.54, 1.807) is 6.07 Å². The lowest BCUT2D eigenvalue weighted by Gasteiger charge is -1.95.